The van der Waals surface area contributed by atoms with E-state index in [0.717, 1.165) is 0 Å². The molecule has 6 nitrogen and oxygen atoms in total. The summed E-state index contributed by atoms with van der Waals surface area (Å²) in [6, 6.07) is 2.49. The number of hydrogen-bond acceptors (Lipinski definition) is 7. The van der Waals surface area contributed by atoms with Gasteiger partial charge in [0.25, 0.3) is 0 Å². The molecule has 0 unspecified atom stereocenters. The minimum atomic E-state index is -0.721. The lowest BCUT2D eigenvalue weighted by Gasteiger charge is -2.10. The largest absolute Gasteiger partial charge is 0.465 e. The molecule has 102 valence electrons. The number of hydrogen-bond donors (Lipinski definition) is 1. The van der Waals surface area contributed by atoms with Gasteiger partial charge in [-0.2, -0.15) is 0 Å². The van der Waals surface area contributed by atoms with E-state index in [2.05, 4.69) is 26.8 Å². The summed E-state index contributed by atoms with van der Waals surface area (Å²) >= 11 is 4.09. The lowest BCUT2D eigenvalue weighted by atomic mass is 10.1. The Balaban J connectivity index is 3.51. The molecular weight excluding hydrogens is 272 g/mol. The Morgan fingerprint density at radius 2 is 1.21 bits per heavy atom. The van der Waals surface area contributed by atoms with Crippen molar-refractivity contribution in [1.29, 1.82) is 0 Å². The zero-order valence-electron chi connectivity index (χ0n) is 10.6. The summed E-state index contributed by atoms with van der Waals surface area (Å²) < 4.78 is 13.7. The molecule has 0 spiro atoms. The highest BCUT2D eigenvalue weighted by molar-refractivity contribution is 7.80. The van der Waals surface area contributed by atoms with Crippen LogP contribution in [0.1, 0.15) is 31.1 Å². The van der Waals surface area contributed by atoms with Gasteiger partial charge in [-0.05, 0) is 12.1 Å². The standard InChI is InChI=1S/C12H12O6S/c1-16-10(13)6-4-7(11(14)17-2)9(19)8(5-6)12(15)18-3/h4-5,19H,1-3H3. The number of carbonyl (C=O) groups excluding carboxylic acids is 3. The Morgan fingerprint density at radius 1 is 0.842 bits per heavy atom. The van der Waals surface area contributed by atoms with Crippen molar-refractivity contribution >= 4 is 30.5 Å². The second kappa shape index (κ2) is 6.24. The molecule has 0 atom stereocenters. The molecule has 19 heavy (non-hydrogen) atoms. The van der Waals surface area contributed by atoms with Crippen LogP contribution in [0.25, 0.3) is 0 Å². The van der Waals surface area contributed by atoms with Crippen LogP contribution in [-0.4, -0.2) is 39.2 Å². The maximum Gasteiger partial charge on any atom is 0.339 e. The first-order chi connectivity index (χ1) is 8.96. The van der Waals surface area contributed by atoms with Gasteiger partial charge in [0.15, 0.2) is 0 Å². The predicted octanol–water partition coefficient (Wildman–Crippen LogP) is 1.34. The van der Waals surface area contributed by atoms with Crippen molar-refractivity contribution in [3.8, 4) is 0 Å². The maximum absolute atomic E-state index is 11.6. The van der Waals surface area contributed by atoms with E-state index < -0.39 is 17.9 Å². The van der Waals surface area contributed by atoms with Crippen LogP contribution in [0.5, 0.6) is 0 Å². The fraction of sp³-hybridized carbons (Fsp3) is 0.250. The van der Waals surface area contributed by atoms with E-state index in [1.165, 1.54) is 33.5 Å². The minimum absolute atomic E-state index is 0.0193. The summed E-state index contributed by atoms with van der Waals surface area (Å²) in [4.78, 5) is 34.7. The summed E-state index contributed by atoms with van der Waals surface area (Å²) in [5.74, 6) is -2.13. The van der Waals surface area contributed by atoms with Crippen molar-refractivity contribution in [3.63, 3.8) is 0 Å². The first-order valence-corrected chi connectivity index (χ1v) is 5.53. The molecule has 0 amide bonds. The average molecular weight is 284 g/mol. The van der Waals surface area contributed by atoms with Crippen LogP contribution >= 0.6 is 12.6 Å². The van der Waals surface area contributed by atoms with Crippen LogP contribution in [-0.2, 0) is 14.2 Å². The molecule has 0 radical (unpaired) electrons. The summed E-state index contributed by atoms with van der Waals surface area (Å²) in [6.07, 6.45) is 0. The van der Waals surface area contributed by atoms with E-state index in [0.29, 0.717) is 0 Å². The molecule has 0 saturated carbocycles. The third kappa shape index (κ3) is 3.05. The van der Waals surface area contributed by atoms with Crippen molar-refractivity contribution in [2.24, 2.45) is 0 Å². The number of rotatable bonds is 3. The van der Waals surface area contributed by atoms with E-state index in [9.17, 15) is 14.4 Å². The molecular formula is C12H12O6S. The van der Waals surface area contributed by atoms with Crippen LogP contribution in [0.2, 0.25) is 0 Å². The smallest absolute Gasteiger partial charge is 0.339 e. The Labute approximate surface area is 115 Å². The van der Waals surface area contributed by atoms with Gasteiger partial charge in [-0.3, -0.25) is 0 Å². The first-order valence-electron chi connectivity index (χ1n) is 5.08. The molecule has 0 N–H and O–H groups in total. The lowest BCUT2D eigenvalue weighted by Crippen LogP contribution is -2.12. The molecule has 0 aliphatic rings. The van der Waals surface area contributed by atoms with Crippen molar-refractivity contribution in [3.05, 3.63) is 28.8 Å². The summed E-state index contributed by atoms with van der Waals surface area (Å²) in [7, 11) is 3.54. The number of ether oxygens (including phenoxy) is 3. The van der Waals surface area contributed by atoms with E-state index in [-0.39, 0.29) is 21.6 Å². The van der Waals surface area contributed by atoms with Crippen molar-refractivity contribution in [1.82, 2.24) is 0 Å². The van der Waals surface area contributed by atoms with E-state index in [1.807, 2.05) is 0 Å². The van der Waals surface area contributed by atoms with Gasteiger partial charge in [0, 0.05) is 4.90 Å². The van der Waals surface area contributed by atoms with Gasteiger partial charge in [0.1, 0.15) is 0 Å². The minimum Gasteiger partial charge on any atom is -0.465 e. The third-order valence-electron chi connectivity index (χ3n) is 2.34. The molecule has 1 aromatic carbocycles. The van der Waals surface area contributed by atoms with Gasteiger partial charge in [0.2, 0.25) is 0 Å². The molecule has 1 aromatic rings. The third-order valence-corrected chi connectivity index (χ3v) is 2.82. The Morgan fingerprint density at radius 3 is 1.53 bits per heavy atom. The molecule has 7 heteroatoms. The van der Waals surface area contributed by atoms with E-state index in [1.54, 1.807) is 0 Å². The number of carbonyl (C=O) groups is 3. The molecule has 0 saturated heterocycles. The molecule has 0 aliphatic carbocycles. The number of thiol groups is 1. The molecule has 1 rings (SSSR count). The summed E-state index contributed by atoms with van der Waals surface area (Å²) in [6.45, 7) is 0. The van der Waals surface area contributed by atoms with Gasteiger partial charge in [-0.25, -0.2) is 14.4 Å². The lowest BCUT2D eigenvalue weighted by molar-refractivity contribution is 0.0590. The number of benzene rings is 1. The SMILES string of the molecule is COC(=O)c1cc(C(=O)OC)c(S)c(C(=O)OC)c1. The molecule has 0 aromatic heterocycles. The number of esters is 3. The maximum atomic E-state index is 11.6. The van der Waals surface area contributed by atoms with Gasteiger partial charge >= 0.3 is 17.9 Å². The Hall–Kier alpha value is -2.02. The van der Waals surface area contributed by atoms with E-state index >= 15 is 0 Å². The second-order valence-electron chi connectivity index (χ2n) is 3.39. The van der Waals surface area contributed by atoms with Gasteiger partial charge in [-0.15, -0.1) is 12.6 Å². The van der Waals surface area contributed by atoms with Crippen molar-refractivity contribution in [2.45, 2.75) is 4.90 Å². The topological polar surface area (TPSA) is 78.9 Å². The number of methoxy groups -OCH3 is 3. The monoisotopic (exact) mass is 284 g/mol. The zero-order valence-corrected chi connectivity index (χ0v) is 11.4. The molecule has 0 aliphatic heterocycles. The Kier molecular flexibility index (Phi) is 4.94. The van der Waals surface area contributed by atoms with Crippen LogP contribution in [0.4, 0.5) is 0 Å². The fourth-order valence-corrected chi connectivity index (χ4v) is 1.71. The van der Waals surface area contributed by atoms with Crippen LogP contribution < -0.4 is 0 Å². The van der Waals surface area contributed by atoms with Crippen LogP contribution in [0.3, 0.4) is 0 Å². The predicted molar refractivity (Wildman–Crippen MR) is 67.7 cm³/mol. The quantitative estimate of drug-likeness (QED) is 0.512. The highest BCUT2D eigenvalue weighted by Crippen LogP contribution is 2.24. The molecule has 0 heterocycles. The fourth-order valence-electron chi connectivity index (χ4n) is 1.40. The van der Waals surface area contributed by atoms with Gasteiger partial charge < -0.3 is 14.2 Å². The van der Waals surface area contributed by atoms with Crippen LogP contribution in [0, 0.1) is 0 Å². The highest BCUT2D eigenvalue weighted by Gasteiger charge is 2.22. The van der Waals surface area contributed by atoms with Gasteiger partial charge in [-0.1, -0.05) is 0 Å². The normalized spacial score (nSPS) is 9.68. The second-order valence-corrected chi connectivity index (χ2v) is 3.84. The molecule has 0 bridgehead atoms. The summed E-state index contributed by atoms with van der Waals surface area (Å²) in [5, 5.41) is 0. The van der Waals surface area contributed by atoms with Crippen LogP contribution in [0.15, 0.2) is 17.0 Å². The highest BCUT2D eigenvalue weighted by atomic mass is 32.1. The average Bonchev–Trinajstić information content (AvgIpc) is 2.44. The van der Waals surface area contributed by atoms with Crippen molar-refractivity contribution in [2.75, 3.05) is 21.3 Å². The van der Waals surface area contributed by atoms with E-state index in [4.69, 9.17) is 0 Å². The zero-order chi connectivity index (χ0) is 14.6. The molecule has 0 fully saturated rings. The Bertz CT molecular complexity index is 500. The van der Waals surface area contributed by atoms with Gasteiger partial charge in [0.05, 0.1) is 38.0 Å². The van der Waals surface area contributed by atoms with Crippen molar-refractivity contribution < 1.29 is 28.6 Å². The summed E-state index contributed by atoms with van der Waals surface area (Å²) in [5.41, 5.74) is -0.00985. The first kappa shape index (κ1) is 15.0.